The Morgan fingerprint density at radius 2 is 1.96 bits per heavy atom. The van der Waals surface area contributed by atoms with Crippen LogP contribution in [0, 0.1) is 13.8 Å². The van der Waals surface area contributed by atoms with Crippen molar-refractivity contribution in [3.8, 4) is 5.75 Å². The first-order valence-electron chi connectivity index (χ1n) is 7.71. The molecule has 2 aromatic carbocycles. The van der Waals surface area contributed by atoms with Crippen molar-refractivity contribution in [2.45, 2.75) is 32.4 Å². The van der Waals surface area contributed by atoms with E-state index in [4.69, 9.17) is 0 Å². The van der Waals surface area contributed by atoms with Gasteiger partial charge in [-0.2, -0.15) is 0 Å². The second-order valence-corrected chi connectivity index (χ2v) is 6.00. The fourth-order valence-corrected chi connectivity index (χ4v) is 2.80. The summed E-state index contributed by atoms with van der Waals surface area (Å²) in [5, 5.41) is 12.9. The average Bonchev–Trinajstić information content (AvgIpc) is 3.01. The van der Waals surface area contributed by atoms with Crippen molar-refractivity contribution in [2.24, 2.45) is 0 Å². The maximum absolute atomic E-state index is 12.5. The van der Waals surface area contributed by atoms with E-state index < -0.39 is 0 Å². The number of anilines is 1. The van der Waals surface area contributed by atoms with Crippen LogP contribution in [0.1, 0.15) is 29.2 Å². The second kappa shape index (κ2) is 6.40. The zero-order chi connectivity index (χ0) is 16.4. The van der Waals surface area contributed by atoms with Gasteiger partial charge < -0.3 is 10.4 Å². The molecule has 0 aliphatic carbocycles. The molecule has 3 rings (SSSR count). The molecule has 5 nitrogen and oxygen atoms in total. The number of para-hydroxylation sites is 1. The van der Waals surface area contributed by atoms with Gasteiger partial charge in [-0.1, -0.05) is 30.3 Å². The molecule has 1 aliphatic rings. The Bertz CT molecular complexity index is 730. The standard InChI is InChI=1S/C18H21N3O2/c1-11-7-8-12(2)14(9-11)19-18(23)16-10-15(20-21-16)13-5-3-4-6-17(13)22/h3-9,15-16,20-22H,10H2,1-2H3,(H,19,23). The molecule has 0 bridgehead atoms. The first-order chi connectivity index (χ1) is 11.0. The highest BCUT2D eigenvalue weighted by atomic mass is 16.3. The van der Waals surface area contributed by atoms with Gasteiger partial charge in [-0.05, 0) is 43.5 Å². The number of carbonyl (C=O) groups excluding carboxylic acids is 1. The molecule has 1 fully saturated rings. The van der Waals surface area contributed by atoms with Crippen molar-refractivity contribution in [3.63, 3.8) is 0 Å². The molecule has 4 N–H and O–H groups in total. The molecule has 0 spiro atoms. The molecule has 2 unspecified atom stereocenters. The molecular formula is C18H21N3O2. The number of hydrogen-bond acceptors (Lipinski definition) is 4. The van der Waals surface area contributed by atoms with Crippen LogP contribution in [0.15, 0.2) is 42.5 Å². The van der Waals surface area contributed by atoms with Crippen molar-refractivity contribution in [1.29, 1.82) is 0 Å². The van der Waals surface area contributed by atoms with Gasteiger partial charge in [0.1, 0.15) is 11.8 Å². The molecule has 0 radical (unpaired) electrons. The number of nitrogens with one attached hydrogen (secondary N) is 3. The third-order valence-corrected chi connectivity index (χ3v) is 4.18. The van der Waals surface area contributed by atoms with Gasteiger partial charge >= 0.3 is 0 Å². The topological polar surface area (TPSA) is 73.4 Å². The van der Waals surface area contributed by atoms with Gasteiger partial charge in [0.25, 0.3) is 0 Å². The smallest absolute Gasteiger partial charge is 0.242 e. The Morgan fingerprint density at radius 3 is 2.74 bits per heavy atom. The minimum atomic E-state index is -0.348. The van der Waals surface area contributed by atoms with Crippen LogP contribution in [0.25, 0.3) is 0 Å². The molecule has 1 amide bonds. The van der Waals surface area contributed by atoms with Crippen molar-refractivity contribution in [2.75, 3.05) is 5.32 Å². The van der Waals surface area contributed by atoms with Crippen LogP contribution < -0.4 is 16.2 Å². The van der Waals surface area contributed by atoms with E-state index in [2.05, 4.69) is 16.2 Å². The van der Waals surface area contributed by atoms with E-state index in [0.717, 1.165) is 22.4 Å². The quantitative estimate of drug-likeness (QED) is 0.703. The highest BCUT2D eigenvalue weighted by Gasteiger charge is 2.31. The molecule has 5 heteroatoms. The Hall–Kier alpha value is -2.37. The third kappa shape index (κ3) is 3.36. The lowest BCUT2D eigenvalue weighted by Gasteiger charge is -2.13. The number of phenolic OH excluding ortho intramolecular Hbond substituents is 1. The first-order valence-corrected chi connectivity index (χ1v) is 7.71. The Labute approximate surface area is 135 Å². The molecule has 1 aliphatic heterocycles. The molecular weight excluding hydrogens is 290 g/mol. The molecule has 23 heavy (non-hydrogen) atoms. The zero-order valence-corrected chi connectivity index (χ0v) is 13.3. The maximum atomic E-state index is 12.5. The summed E-state index contributed by atoms with van der Waals surface area (Å²) in [5.41, 5.74) is 9.87. The molecule has 0 aromatic heterocycles. The molecule has 2 atom stereocenters. The first kappa shape index (κ1) is 15.5. The Kier molecular flexibility index (Phi) is 4.32. The van der Waals surface area contributed by atoms with Crippen LogP contribution in [0.2, 0.25) is 0 Å². The number of rotatable bonds is 3. The summed E-state index contributed by atoms with van der Waals surface area (Å²) in [6, 6.07) is 12.7. The van der Waals surface area contributed by atoms with Gasteiger partial charge in [0.15, 0.2) is 0 Å². The number of aryl methyl sites for hydroxylation is 2. The summed E-state index contributed by atoms with van der Waals surface area (Å²) in [6.45, 7) is 3.97. The zero-order valence-electron chi connectivity index (χ0n) is 13.3. The van der Waals surface area contributed by atoms with Gasteiger partial charge in [0, 0.05) is 11.3 Å². The van der Waals surface area contributed by atoms with E-state index in [1.165, 1.54) is 0 Å². The lowest BCUT2D eigenvalue weighted by Crippen LogP contribution is -2.39. The van der Waals surface area contributed by atoms with E-state index in [1.54, 1.807) is 12.1 Å². The average molecular weight is 311 g/mol. The van der Waals surface area contributed by atoms with Crippen molar-refractivity contribution in [1.82, 2.24) is 10.9 Å². The molecule has 1 heterocycles. The number of phenols is 1. The minimum absolute atomic E-state index is 0.0795. The predicted octanol–water partition coefficient (Wildman–Crippen LogP) is 2.56. The predicted molar refractivity (Wildman–Crippen MR) is 90.1 cm³/mol. The Morgan fingerprint density at radius 1 is 1.17 bits per heavy atom. The van der Waals surface area contributed by atoms with Crippen molar-refractivity contribution < 1.29 is 9.90 Å². The fourth-order valence-electron chi connectivity index (χ4n) is 2.80. The fraction of sp³-hybridized carbons (Fsp3) is 0.278. The normalized spacial score (nSPS) is 20.4. The summed E-state index contributed by atoms with van der Waals surface area (Å²) in [6.07, 6.45) is 0.578. The van der Waals surface area contributed by atoms with Crippen LogP contribution >= 0.6 is 0 Å². The van der Waals surface area contributed by atoms with Crippen molar-refractivity contribution >= 4 is 11.6 Å². The highest BCUT2D eigenvalue weighted by molar-refractivity contribution is 5.95. The van der Waals surface area contributed by atoms with Gasteiger partial charge in [0.05, 0.1) is 6.04 Å². The largest absolute Gasteiger partial charge is 0.508 e. The van der Waals surface area contributed by atoms with Gasteiger partial charge in [-0.3, -0.25) is 4.79 Å². The van der Waals surface area contributed by atoms with Crippen LogP contribution in [0.3, 0.4) is 0 Å². The van der Waals surface area contributed by atoms with E-state index in [-0.39, 0.29) is 23.7 Å². The number of hydrazine groups is 1. The van der Waals surface area contributed by atoms with E-state index in [1.807, 2.05) is 44.2 Å². The second-order valence-electron chi connectivity index (χ2n) is 6.00. The molecule has 1 saturated heterocycles. The highest BCUT2D eigenvalue weighted by Crippen LogP contribution is 2.29. The maximum Gasteiger partial charge on any atom is 0.242 e. The minimum Gasteiger partial charge on any atom is -0.508 e. The SMILES string of the molecule is Cc1ccc(C)c(NC(=O)C2CC(c3ccccc3O)NN2)c1. The van der Waals surface area contributed by atoms with Gasteiger partial charge in [-0.15, -0.1) is 0 Å². The Balaban J connectivity index is 1.68. The van der Waals surface area contributed by atoms with Crippen LogP contribution in [-0.2, 0) is 4.79 Å². The van der Waals surface area contributed by atoms with Gasteiger partial charge in [-0.25, -0.2) is 10.9 Å². The number of carbonyl (C=O) groups is 1. The lowest BCUT2D eigenvalue weighted by atomic mass is 10.0. The summed E-state index contributed by atoms with van der Waals surface area (Å²) >= 11 is 0. The van der Waals surface area contributed by atoms with Crippen LogP contribution in [0.5, 0.6) is 5.75 Å². The lowest BCUT2D eigenvalue weighted by molar-refractivity contribution is -0.117. The summed E-state index contributed by atoms with van der Waals surface area (Å²) in [7, 11) is 0. The van der Waals surface area contributed by atoms with E-state index in [0.29, 0.717) is 6.42 Å². The van der Waals surface area contributed by atoms with Crippen molar-refractivity contribution in [3.05, 3.63) is 59.2 Å². The summed E-state index contributed by atoms with van der Waals surface area (Å²) in [4.78, 5) is 12.5. The third-order valence-electron chi connectivity index (χ3n) is 4.18. The van der Waals surface area contributed by atoms with E-state index in [9.17, 15) is 9.90 Å². The molecule has 2 aromatic rings. The van der Waals surface area contributed by atoms with Crippen LogP contribution in [0.4, 0.5) is 5.69 Å². The number of hydrogen-bond donors (Lipinski definition) is 4. The monoisotopic (exact) mass is 311 g/mol. The summed E-state index contributed by atoms with van der Waals surface area (Å²) in [5.74, 6) is 0.159. The van der Waals surface area contributed by atoms with E-state index >= 15 is 0 Å². The van der Waals surface area contributed by atoms with Gasteiger partial charge in [0.2, 0.25) is 5.91 Å². The molecule has 120 valence electrons. The molecule has 0 saturated carbocycles. The number of amides is 1. The number of benzene rings is 2. The van der Waals surface area contributed by atoms with Crippen LogP contribution in [-0.4, -0.2) is 17.1 Å². The number of aromatic hydroxyl groups is 1. The summed E-state index contributed by atoms with van der Waals surface area (Å²) < 4.78 is 0.